The summed E-state index contributed by atoms with van der Waals surface area (Å²) in [5, 5.41) is 14.6. The molecule has 0 amide bonds. The van der Waals surface area contributed by atoms with Crippen molar-refractivity contribution in [3.63, 3.8) is 0 Å². The van der Waals surface area contributed by atoms with E-state index in [1.54, 1.807) is 12.1 Å². The van der Waals surface area contributed by atoms with Crippen LogP contribution in [0.1, 0.15) is 10.6 Å². The smallest absolute Gasteiger partial charge is 0.293 e. The molecule has 0 unspecified atom stereocenters. The maximum Gasteiger partial charge on any atom is 0.293 e. The van der Waals surface area contributed by atoms with Crippen molar-refractivity contribution in [2.45, 2.75) is 13.8 Å². The van der Waals surface area contributed by atoms with Gasteiger partial charge in [0.15, 0.2) is 5.13 Å². The number of benzene rings is 1. The maximum atomic E-state index is 11.0. The van der Waals surface area contributed by atoms with Gasteiger partial charge in [0.05, 0.1) is 10.6 Å². The van der Waals surface area contributed by atoms with Crippen molar-refractivity contribution in [3.05, 3.63) is 43.4 Å². The van der Waals surface area contributed by atoms with Crippen LogP contribution >= 0.6 is 27.3 Å². The molecule has 94 valence electrons. The number of anilines is 2. The van der Waals surface area contributed by atoms with Crippen LogP contribution in [0.15, 0.2) is 22.7 Å². The molecule has 1 aromatic carbocycles. The number of aryl methyl sites for hydroxylation is 2. The van der Waals surface area contributed by atoms with Crippen molar-refractivity contribution in [3.8, 4) is 0 Å². The number of nitrogens with one attached hydrogen (secondary N) is 1. The second kappa shape index (κ2) is 5.03. The van der Waals surface area contributed by atoms with Gasteiger partial charge in [-0.05, 0) is 26.0 Å². The molecule has 0 aliphatic rings. The predicted octanol–water partition coefficient (Wildman–Crippen LogP) is 4.17. The van der Waals surface area contributed by atoms with Gasteiger partial charge in [-0.25, -0.2) is 4.98 Å². The van der Waals surface area contributed by atoms with E-state index >= 15 is 0 Å². The fourth-order valence-corrected chi connectivity index (χ4v) is 2.58. The van der Waals surface area contributed by atoms with Crippen LogP contribution in [-0.4, -0.2) is 9.91 Å². The lowest BCUT2D eigenvalue weighted by molar-refractivity contribution is -0.384. The Labute approximate surface area is 116 Å². The summed E-state index contributed by atoms with van der Waals surface area (Å²) in [6.45, 7) is 3.88. The number of hydrogen-bond donors (Lipinski definition) is 1. The molecule has 0 bridgehead atoms. The number of aromatic nitrogens is 1. The first-order chi connectivity index (χ1) is 8.47. The zero-order valence-electron chi connectivity index (χ0n) is 9.73. The van der Waals surface area contributed by atoms with Gasteiger partial charge in [-0.15, -0.1) is 11.3 Å². The second-order valence-electron chi connectivity index (χ2n) is 3.70. The number of halogens is 1. The minimum absolute atomic E-state index is 0.0230. The third-order valence-electron chi connectivity index (χ3n) is 2.43. The van der Waals surface area contributed by atoms with Crippen molar-refractivity contribution in [1.29, 1.82) is 0 Å². The van der Waals surface area contributed by atoms with E-state index in [0.29, 0.717) is 15.3 Å². The summed E-state index contributed by atoms with van der Waals surface area (Å²) >= 11 is 4.70. The van der Waals surface area contributed by atoms with Crippen molar-refractivity contribution in [2.24, 2.45) is 0 Å². The Balaban J connectivity index is 2.36. The van der Waals surface area contributed by atoms with Gasteiger partial charge in [-0.2, -0.15) is 0 Å². The van der Waals surface area contributed by atoms with Crippen LogP contribution in [0.25, 0.3) is 0 Å². The molecule has 0 fully saturated rings. The van der Waals surface area contributed by atoms with Crippen molar-refractivity contribution < 1.29 is 4.92 Å². The maximum absolute atomic E-state index is 11.0. The largest absolute Gasteiger partial charge is 0.326 e. The Kier molecular flexibility index (Phi) is 3.63. The summed E-state index contributed by atoms with van der Waals surface area (Å²) in [6, 6.07) is 4.88. The molecule has 0 spiro atoms. The molecule has 5 nitrogen and oxygen atoms in total. The summed E-state index contributed by atoms with van der Waals surface area (Å²) in [5.41, 5.74) is 1.40. The number of thiazole rings is 1. The summed E-state index contributed by atoms with van der Waals surface area (Å²) in [6.07, 6.45) is 0. The summed E-state index contributed by atoms with van der Waals surface area (Å²) < 4.78 is 0.672. The lowest BCUT2D eigenvalue weighted by Crippen LogP contribution is -1.96. The Hall–Kier alpha value is -1.47. The molecular formula is C11H10BrN3O2S. The molecule has 1 heterocycles. The molecular weight excluding hydrogens is 318 g/mol. The number of hydrogen-bond acceptors (Lipinski definition) is 5. The standard InChI is InChI=1S/C11H10BrN3O2S/c1-6-7(2)18-11(13-6)14-9-4-3-8(12)5-10(9)15(16)17/h3-5H,1-2H3,(H,13,14). The summed E-state index contributed by atoms with van der Waals surface area (Å²) in [4.78, 5) is 15.9. The highest BCUT2D eigenvalue weighted by molar-refractivity contribution is 9.10. The van der Waals surface area contributed by atoms with Gasteiger partial charge in [-0.3, -0.25) is 10.1 Å². The first-order valence-electron chi connectivity index (χ1n) is 5.12. The monoisotopic (exact) mass is 327 g/mol. The lowest BCUT2D eigenvalue weighted by atomic mass is 10.3. The fourth-order valence-electron chi connectivity index (χ4n) is 1.40. The molecule has 18 heavy (non-hydrogen) atoms. The number of nitrogens with zero attached hydrogens (tertiary/aromatic N) is 2. The SMILES string of the molecule is Cc1nc(Nc2ccc(Br)cc2[N+](=O)[O-])sc1C. The van der Waals surface area contributed by atoms with E-state index in [1.165, 1.54) is 17.4 Å². The molecule has 1 N–H and O–H groups in total. The third-order valence-corrected chi connectivity index (χ3v) is 3.91. The highest BCUT2D eigenvalue weighted by atomic mass is 79.9. The Morgan fingerprint density at radius 3 is 2.72 bits per heavy atom. The Morgan fingerprint density at radius 2 is 2.17 bits per heavy atom. The first kappa shape index (κ1) is 13.0. The molecule has 0 atom stereocenters. The van der Waals surface area contributed by atoms with Gasteiger partial charge in [0.1, 0.15) is 5.69 Å². The van der Waals surface area contributed by atoms with E-state index in [0.717, 1.165) is 10.6 Å². The number of nitro benzene ring substituents is 1. The molecule has 0 saturated carbocycles. The van der Waals surface area contributed by atoms with Crippen molar-refractivity contribution in [1.82, 2.24) is 4.98 Å². The van der Waals surface area contributed by atoms with Crippen molar-refractivity contribution >= 4 is 43.8 Å². The predicted molar refractivity (Wildman–Crippen MR) is 75.7 cm³/mol. The molecule has 0 saturated heterocycles. The highest BCUT2D eigenvalue weighted by Gasteiger charge is 2.15. The first-order valence-corrected chi connectivity index (χ1v) is 6.73. The van der Waals surface area contributed by atoms with Gasteiger partial charge < -0.3 is 5.32 Å². The molecule has 0 aliphatic carbocycles. The average Bonchev–Trinajstić information content (AvgIpc) is 2.60. The quantitative estimate of drug-likeness (QED) is 0.678. The van der Waals surface area contributed by atoms with E-state index in [9.17, 15) is 10.1 Å². The number of nitro groups is 1. The topological polar surface area (TPSA) is 68.1 Å². The molecule has 0 aliphatic heterocycles. The third kappa shape index (κ3) is 2.68. The van der Waals surface area contributed by atoms with Crippen LogP contribution < -0.4 is 5.32 Å². The van der Waals surface area contributed by atoms with Crippen LogP contribution in [0.3, 0.4) is 0 Å². The summed E-state index contributed by atoms with van der Waals surface area (Å²) in [7, 11) is 0. The minimum Gasteiger partial charge on any atom is -0.326 e. The van der Waals surface area contributed by atoms with Crippen LogP contribution in [0.4, 0.5) is 16.5 Å². The van der Waals surface area contributed by atoms with Crippen LogP contribution in [0.5, 0.6) is 0 Å². The average molecular weight is 328 g/mol. The highest BCUT2D eigenvalue weighted by Crippen LogP contribution is 2.32. The van der Waals surface area contributed by atoms with Crippen LogP contribution in [0.2, 0.25) is 0 Å². The normalized spacial score (nSPS) is 10.4. The molecule has 2 rings (SSSR count). The Bertz CT molecular complexity index is 593. The minimum atomic E-state index is -0.416. The summed E-state index contributed by atoms with van der Waals surface area (Å²) in [5.74, 6) is 0. The van der Waals surface area contributed by atoms with Gasteiger partial charge in [-0.1, -0.05) is 15.9 Å². The van der Waals surface area contributed by atoms with E-state index in [-0.39, 0.29) is 5.69 Å². The van der Waals surface area contributed by atoms with Gasteiger partial charge in [0.25, 0.3) is 5.69 Å². The van der Waals surface area contributed by atoms with E-state index < -0.39 is 4.92 Å². The second-order valence-corrected chi connectivity index (χ2v) is 5.82. The van der Waals surface area contributed by atoms with E-state index in [4.69, 9.17) is 0 Å². The molecule has 2 aromatic rings. The zero-order valence-corrected chi connectivity index (χ0v) is 12.1. The van der Waals surface area contributed by atoms with Gasteiger partial charge in [0.2, 0.25) is 0 Å². The molecule has 0 radical (unpaired) electrons. The molecule has 1 aromatic heterocycles. The van der Waals surface area contributed by atoms with Gasteiger partial charge in [0, 0.05) is 15.4 Å². The fraction of sp³-hybridized carbons (Fsp3) is 0.182. The van der Waals surface area contributed by atoms with Crippen LogP contribution in [-0.2, 0) is 0 Å². The lowest BCUT2D eigenvalue weighted by Gasteiger charge is -2.03. The van der Waals surface area contributed by atoms with Crippen LogP contribution in [0, 0.1) is 24.0 Å². The van der Waals surface area contributed by atoms with Crippen molar-refractivity contribution in [2.75, 3.05) is 5.32 Å². The zero-order chi connectivity index (χ0) is 13.3. The number of rotatable bonds is 3. The molecule has 7 heteroatoms. The van der Waals surface area contributed by atoms with E-state index in [2.05, 4.69) is 26.2 Å². The van der Waals surface area contributed by atoms with E-state index in [1.807, 2.05) is 13.8 Å². The Morgan fingerprint density at radius 1 is 1.44 bits per heavy atom. The van der Waals surface area contributed by atoms with Gasteiger partial charge >= 0.3 is 0 Å².